The molecule has 0 aromatic rings. The van der Waals surface area contributed by atoms with E-state index in [1.807, 2.05) is 9.80 Å². The average molecular weight is 475 g/mol. The van der Waals surface area contributed by atoms with Gasteiger partial charge < -0.3 is 10.2 Å². The topological polar surface area (TPSA) is 151 Å². The fraction of sp³-hybridized carbons (Fsp3) is 1.00. The van der Waals surface area contributed by atoms with Crippen LogP contribution in [0.15, 0.2) is 0 Å². The van der Waals surface area contributed by atoms with Crippen molar-refractivity contribution in [2.45, 2.75) is 6.23 Å². The van der Waals surface area contributed by atoms with Crippen molar-refractivity contribution in [3.05, 3.63) is 0 Å². The van der Waals surface area contributed by atoms with E-state index in [0.29, 0.717) is 45.8 Å². The molecule has 0 amide bonds. The third kappa shape index (κ3) is 9.38. The van der Waals surface area contributed by atoms with Crippen LogP contribution in [-0.2, 0) is 24.4 Å². The van der Waals surface area contributed by atoms with Crippen LogP contribution in [0.1, 0.15) is 0 Å². The largest absolute Gasteiger partial charge is 0.395 e. The number of nitrogens with zero attached hydrogens (tertiary/aromatic N) is 4. The van der Waals surface area contributed by atoms with Gasteiger partial charge in [0.1, 0.15) is 6.23 Å². The van der Waals surface area contributed by atoms with E-state index < -0.39 is 32.2 Å². The number of hydrogen-bond acceptors (Lipinski definition) is 11. The molecule has 12 nitrogen and oxygen atoms in total. The molecule has 2 rings (SSSR count). The van der Waals surface area contributed by atoms with Crippen LogP contribution in [0.25, 0.3) is 0 Å². The van der Waals surface area contributed by atoms with E-state index in [4.69, 9.17) is 18.9 Å². The fourth-order valence-electron chi connectivity index (χ4n) is 3.60. The first-order chi connectivity index (χ1) is 14.1. The zero-order valence-corrected chi connectivity index (χ0v) is 18.8. The molecule has 2 aliphatic heterocycles. The first kappa shape index (κ1) is 25.8. The minimum atomic E-state index is -4.17. The lowest BCUT2D eigenvalue weighted by Crippen LogP contribution is -2.56. The van der Waals surface area contributed by atoms with Crippen LogP contribution in [0.4, 0.5) is 0 Å². The van der Waals surface area contributed by atoms with E-state index in [1.54, 1.807) is 4.90 Å². The lowest BCUT2D eigenvalue weighted by molar-refractivity contribution is -0.0351. The van der Waals surface area contributed by atoms with Crippen molar-refractivity contribution in [2.24, 2.45) is 0 Å². The summed E-state index contributed by atoms with van der Waals surface area (Å²) >= 11 is 0. The molecule has 0 spiro atoms. The molecule has 1 unspecified atom stereocenters. The Bertz CT molecular complexity index is 713. The van der Waals surface area contributed by atoms with Gasteiger partial charge in [-0.2, -0.15) is 16.8 Å². The van der Waals surface area contributed by atoms with E-state index in [0.717, 1.165) is 13.1 Å². The van der Waals surface area contributed by atoms with Crippen LogP contribution in [0.5, 0.6) is 0 Å². The van der Waals surface area contributed by atoms with Gasteiger partial charge in [-0.1, -0.05) is 0 Å². The highest BCUT2D eigenvalue weighted by Gasteiger charge is 2.32. The molecule has 178 valence electrons. The first-order valence-electron chi connectivity index (χ1n) is 10.1. The fourth-order valence-corrected chi connectivity index (χ4v) is 5.17. The maximum Gasteiger partial charge on any atom is 0.270 e. The zero-order chi connectivity index (χ0) is 22.2. The normalized spacial score (nSPS) is 23.8. The predicted octanol–water partition coefficient (Wildman–Crippen LogP) is -3.23. The lowest BCUT2D eigenvalue weighted by Gasteiger charge is -2.40. The SMILES string of the molecule is O=S(=O)(O)CCN1CCN(CCO)CC1OS(=O)(=O)CCN1CCN(CCO)CC1. The summed E-state index contributed by atoms with van der Waals surface area (Å²) in [6.07, 6.45) is -0.876. The molecule has 14 heteroatoms. The van der Waals surface area contributed by atoms with Crippen LogP contribution >= 0.6 is 0 Å². The summed E-state index contributed by atoms with van der Waals surface area (Å²) in [6, 6.07) is 0. The third-order valence-electron chi connectivity index (χ3n) is 5.37. The molecule has 0 bridgehead atoms. The van der Waals surface area contributed by atoms with E-state index in [-0.39, 0.29) is 32.1 Å². The van der Waals surface area contributed by atoms with Gasteiger partial charge in [-0.3, -0.25) is 24.2 Å². The van der Waals surface area contributed by atoms with Crippen LogP contribution < -0.4 is 0 Å². The minimum Gasteiger partial charge on any atom is -0.395 e. The summed E-state index contributed by atoms with van der Waals surface area (Å²) in [5.74, 6) is -0.694. The molecule has 2 aliphatic rings. The molecule has 3 N–H and O–H groups in total. The number of piperazine rings is 2. The van der Waals surface area contributed by atoms with Crippen molar-refractivity contribution < 1.29 is 35.8 Å². The van der Waals surface area contributed by atoms with Gasteiger partial charge in [0, 0.05) is 72.0 Å². The second kappa shape index (κ2) is 12.0. The Labute approximate surface area is 178 Å². The number of aliphatic hydroxyl groups is 2. The molecular formula is C16H34N4O8S2. The second-order valence-electron chi connectivity index (χ2n) is 7.57. The highest BCUT2D eigenvalue weighted by molar-refractivity contribution is 7.86. The van der Waals surface area contributed by atoms with E-state index in [1.165, 1.54) is 0 Å². The van der Waals surface area contributed by atoms with Crippen LogP contribution in [-0.4, -0.2) is 154 Å². The van der Waals surface area contributed by atoms with Gasteiger partial charge >= 0.3 is 0 Å². The third-order valence-corrected chi connectivity index (χ3v) is 7.27. The summed E-state index contributed by atoms with van der Waals surface area (Å²) in [7, 11) is -8.04. The van der Waals surface area contributed by atoms with Crippen molar-refractivity contribution in [2.75, 3.05) is 96.7 Å². The molecular weight excluding hydrogens is 440 g/mol. The Morgan fingerprint density at radius 3 is 1.83 bits per heavy atom. The summed E-state index contributed by atoms with van der Waals surface area (Å²) in [5, 5.41) is 18.1. The Morgan fingerprint density at radius 1 is 0.733 bits per heavy atom. The Balaban J connectivity index is 1.89. The predicted molar refractivity (Wildman–Crippen MR) is 110 cm³/mol. The number of β-amino-alcohol motifs (C(OH)–C–C–N with tert-alkyl or cyclic N) is 2. The Morgan fingerprint density at radius 2 is 1.27 bits per heavy atom. The van der Waals surface area contributed by atoms with Gasteiger partial charge in [0.2, 0.25) is 0 Å². The highest BCUT2D eigenvalue weighted by atomic mass is 32.2. The zero-order valence-electron chi connectivity index (χ0n) is 17.2. The van der Waals surface area contributed by atoms with Crippen molar-refractivity contribution in [1.82, 2.24) is 19.6 Å². The number of aliphatic hydroxyl groups excluding tert-OH is 2. The van der Waals surface area contributed by atoms with Gasteiger partial charge in [-0.15, -0.1) is 0 Å². The summed E-state index contributed by atoms with van der Waals surface area (Å²) in [4.78, 5) is 7.59. The monoisotopic (exact) mass is 474 g/mol. The molecule has 0 aromatic heterocycles. The maximum absolute atomic E-state index is 12.6. The van der Waals surface area contributed by atoms with Gasteiger partial charge in [0.15, 0.2) is 0 Å². The molecule has 0 radical (unpaired) electrons. The molecule has 0 saturated carbocycles. The van der Waals surface area contributed by atoms with Crippen molar-refractivity contribution >= 4 is 20.2 Å². The lowest BCUT2D eigenvalue weighted by atomic mass is 10.3. The second-order valence-corrected chi connectivity index (χ2v) is 10.9. The summed E-state index contributed by atoms with van der Waals surface area (Å²) in [6.45, 7) is 5.35. The first-order valence-corrected chi connectivity index (χ1v) is 13.3. The molecule has 2 heterocycles. The smallest absolute Gasteiger partial charge is 0.270 e. The molecule has 30 heavy (non-hydrogen) atoms. The van der Waals surface area contributed by atoms with E-state index in [2.05, 4.69) is 4.90 Å². The minimum absolute atomic E-state index is 0.0429. The Kier molecular flexibility index (Phi) is 10.3. The van der Waals surface area contributed by atoms with E-state index >= 15 is 0 Å². The van der Waals surface area contributed by atoms with Crippen LogP contribution in [0.3, 0.4) is 0 Å². The van der Waals surface area contributed by atoms with Crippen LogP contribution in [0, 0.1) is 0 Å². The van der Waals surface area contributed by atoms with Gasteiger partial charge in [0.25, 0.3) is 20.2 Å². The maximum atomic E-state index is 12.6. The van der Waals surface area contributed by atoms with Gasteiger partial charge in [-0.05, 0) is 0 Å². The van der Waals surface area contributed by atoms with Crippen molar-refractivity contribution in [1.29, 1.82) is 0 Å². The molecule has 0 aliphatic carbocycles. The summed E-state index contributed by atoms with van der Waals surface area (Å²) < 4.78 is 61.7. The Hall–Kier alpha value is -0.420. The van der Waals surface area contributed by atoms with Crippen molar-refractivity contribution in [3.63, 3.8) is 0 Å². The molecule has 2 saturated heterocycles. The highest BCUT2D eigenvalue weighted by Crippen LogP contribution is 2.15. The molecule has 1 atom stereocenters. The van der Waals surface area contributed by atoms with Crippen LogP contribution in [0.2, 0.25) is 0 Å². The summed E-state index contributed by atoms with van der Waals surface area (Å²) in [5.41, 5.74) is 0. The standard InChI is InChI=1S/C16H34N4O8S2/c21-11-7-17-1-3-18(4-2-17)9-14-30(26,27)28-16-15-19(8-12-22)5-6-20(16)10-13-29(23,24)25/h16,21-22H,1-15H2,(H,23,24,25). The quantitative estimate of drug-likeness (QED) is 0.193. The molecule has 0 aromatic carbocycles. The van der Waals surface area contributed by atoms with Gasteiger partial charge in [0.05, 0.1) is 24.7 Å². The average Bonchev–Trinajstić information content (AvgIpc) is 2.66. The van der Waals surface area contributed by atoms with Gasteiger partial charge in [-0.25, -0.2) is 4.18 Å². The number of hydrogen-bond donors (Lipinski definition) is 3. The van der Waals surface area contributed by atoms with E-state index in [9.17, 15) is 16.8 Å². The number of rotatable bonds is 12. The molecule has 2 fully saturated rings. The van der Waals surface area contributed by atoms with Crippen molar-refractivity contribution in [3.8, 4) is 0 Å².